The van der Waals surface area contributed by atoms with E-state index in [1.54, 1.807) is 7.11 Å². The van der Waals surface area contributed by atoms with E-state index in [1.165, 1.54) is 19.1 Å². The highest BCUT2D eigenvalue weighted by Crippen LogP contribution is 2.29. The first-order valence-electron chi connectivity index (χ1n) is 6.74. The number of aliphatic hydroxyl groups is 1. The predicted molar refractivity (Wildman–Crippen MR) is 77.2 cm³/mol. The Balaban J connectivity index is 2.11. The van der Waals surface area contributed by atoms with Gasteiger partial charge in [-0.15, -0.1) is 0 Å². The number of aryl methyl sites for hydroxylation is 1. The SMILES string of the molecule is COc1ccc(CCC(C)(O)c2cccc(F)c2F)cc1. The van der Waals surface area contributed by atoms with Crippen LogP contribution in [0.2, 0.25) is 0 Å². The standard InChI is InChI=1S/C17H18F2O2/c1-17(20,14-4-3-5-15(18)16(14)19)11-10-12-6-8-13(21-2)9-7-12/h3-9,20H,10-11H2,1-2H3. The molecule has 1 unspecified atom stereocenters. The molecular formula is C17H18F2O2. The average Bonchev–Trinajstić information content (AvgIpc) is 2.48. The summed E-state index contributed by atoms with van der Waals surface area (Å²) in [6, 6.07) is 11.3. The molecule has 4 heteroatoms. The minimum absolute atomic E-state index is 0.0176. The average molecular weight is 292 g/mol. The van der Waals surface area contributed by atoms with Crippen LogP contribution in [-0.2, 0) is 12.0 Å². The van der Waals surface area contributed by atoms with E-state index >= 15 is 0 Å². The normalized spacial score (nSPS) is 13.8. The zero-order chi connectivity index (χ0) is 15.5. The molecule has 1 N–H and O–H groups in total. The maximum Gasteiger partial charge on any atom is 0.164 e. The monoisotopic (exact) mass is 292 g/mol. The van der Waals surface area contributed by atoms with Crippen molar-refractivity contribution in [2.24, 2.45) is 0 Å². The summed E-state index contributed by atoms with van der Waals surface area (Å²) in [5.74, 6) is -1.18. The van der Waals surface area contributed by atoms with E-state index in [-0.39, 0.29) is 5.56 Å². The van der Waals surface area contributed by atoms with Crippen molar-refractivity contribution < 1.29 is 18.6 Å². The lowest BCUT2D eigenvalue weighted by Crippen LogP contribution is -2.24. The van der Waals surface area contributed by atoms with Gasteiger partial charge in [-0.25, -0.2) is 8.78 Å². The Morgan fingerprint density at radius 1 is 1.10 bits per heavy atom. The molecule has 0 fully saturated rings. The molecule has 0 aliphatic carbocycles. The Bertz CT molecular complexity index is 607. The number of benzene rings is 2. The molecule has 0 aromatic heterocycles. The minimum atomic E-state index is -1.42. The van der Waals surface area contributed by atoms with E-state index in [4.69, 9.17) is 4.74 Å². The first-order valence-corrected chi connectivity index (χ1v) is 6.74. The number of hydrogen-bond acceptors (Lipinski definition) is 2. The van der Waals surface area contributed by atoms with Crippen molar-refractivity contribution in [2.75, 3.05) is 7.11 Å². The Kier molecular flexibility index (Phi) is 4.58. The zero-order valence-electron chi connectivity index (χ0n) is 12.1. The highest BCUT2D eigenvalue weighted by Gasteiger charge is 2.27. The van der Waals surface area contributed by atoms with Crippen LogP contribution >= 0.6 is 0 Å². The molecule has 112 valence electrons. The van der Waals surface area contributed by atoms with E-state index in [0.717, 1.165) is 17.4 Å². The summed E-state index contributed by atoms with van der Waals surface area (Å²) in [5, 5.41) is 10.4. The van der Waals surface area contributed by atoms with E-state index in [2.05, 4.69) is 0 Å². The number of halogens is 2. The van der Waals surface area contributed by atoms with Crippen molar-refractivity contribution >= 4 is 0 Å². The molecule has 2 aromatic rings. The van der Waals surface area contributed by atoms with Crippen LogP contribution in [0.1, 0.15) is 24.5 Å². The van der Waals surface area contributed by atoms with E-state index in [9.17, 15) is 13.9 Å². The Labute approximate surface area is 123 Å². The molecule has 0 saturated carbocycles. The fourth-order valence-corrected chi connectivity index (χ4v) is 2.23. The lowest BCUT2D eigenvalue weighted by Gasteiger charge is -2.24. The molecule has 0 bridgehead atoms. The summed E-state index contributed by atoms with van der Waals surface area (Å²) >= 11 is 0. The molecule has 0 radical (unpaired) electrons. The first-order chi connectivity index (χ1) is 9.94. The van der Waals surface area contributed by atoms with Gasteiger partial charge in [-0.2, -0.15) is 0 Å². The van der Waals surface area contributed by atoms with Crippen LogP contribution in [0.4, 0.5) is 8.78 Å². The van der Waals surface area contributed by atoms with Crippen molar-refractivity contribution in [1.29, 1.82) is 0 Å². The fourth-order valence-electron chi connectivity index (χ4n) is 2.23. The summed E-state index contributed by atoms with van der Waals surface area (Å²) in [5.41, 5.74) is -0.449. The van der Waals surface area contributed by atoms with Gasteiger partial charge >= 0.3 is 0 Å². The van der Waals surface area contributed by atoms with Crippen molar-refractivity contribution in [1.82, 2.24) is 0 Å². The van der Waals surface area contributed by atoms with Gasteiger partial charge in [-0.05, 0) is 43.5 Å². The van der Waals surface area contributed by atoms with E-state index in [1.807, 2.05) is 24.3 Å². The molecule has 0 heterocycles. The van der Waals surface area contributed by atoms with Gasteiger partial charge in [0.15, 0.2) is 11.6 Å². The summed E-state index contributed by atoms with van der Waals surface area (Å²) in [7, 11) is 1.59. The summed E-state index contributed by atoms with van der Waals surface area (Å²) in [4.78, 5) is 0. The van der Waals surface area contributed by atoms with Gasteiger partial charge in [0.25, 0.3) is 0 Å². The van der Waals surface area contributed by atoms with Crippen LogP contribution < -0.4 is 4.74 Å². The fraction of sp³-hybridized carbons (Fsp3) is 0.294. The van der Waals surface area contributed by atoms with Crippen LogP contribution in [0.15, 0.2) is 42.5 Å². The van der Waals surface area contributed by atoms with Gasteiger partial charge in [0.2, 0.25) is 0 Å². The quantitative estimate of drug-likeness (QED) is 0.908. The highest BCUT2D eigenvalue weighted by atomic mass is 19.2. The maximum atomic E-state index is 13.8. The lowest BCUT2D eigenvalue weighted by molar-refractivity contribution is 0.0436. The van der Waals surface area contributed by atoms with Gasteiger partial charge in [-0.3, -0.25) is 0 Å². The van der Waals surface area contributed by atoms with Crippen molar-refractivity contribution in [3.63, 3.8) is 0 Å². The smallest absolute Gasteiger partial charge is 0.164 e. The van der Waals surface area contributed by atoms with Crippen LogP contribution in [0, 0.1) is 11.6 Å². The molecule has 0 amide bonds. The van der Waals surface area contributed by atoms with E-state index in [0.29, 0.717) is 12.8 Å². The van der Waals surface area contributed by atoms with Crippen LogP contribution in [0.25, 0.3) is 0 Å². The summed E-state index contributed by atoms with van der Waals surface area (Å²) < 4.78 is 32.1. The number of hydrogen-bond donors (Lipinski definition) is 1. The number of ether oxygens (including phenoxy) is 1. The molecule has 2 rings (SSSR count). The molecule has 0 saturated heterocycles. The second kappa shape index (κ2) is 6.22. The third kappa shape index (κ3) is 3.58. The molecule has 2 nitrogen and oxygen atoms in total. The van der Waals surface area contributed by atoms with Crippen molar-refractivity contribution in [2.45, 2.75) is 25.4 Å². The Morgan fingerprint density at radius 2 is 1.76 bits per heavy atom. The lowest BCUT2D eigenvalue weighted by atomic mass is 9.89. The molecule has 0 spiro atoms. The summed E-state index contributed by atoms with van der Waals surface area (Å²) in [6.45, 7) is 1.49. The Hall–Kier alpha value is -1.94. The van der Waals surface area contributed by atoms with Gasteiger partial charge in [0.05, 0.1) is 12.7 Å². The zero-order valence-corrected chi connectivity index (χ0v) is 12.1. The number of methoxy groups -OCH3 is 1. The van der Waals surface area contributed by atoms with Gasteiger partial charge < -0.3 is 9.84 Å². The maximum absolute atomic E-state index is 13.8. The third-order valence-corrected chi connectivity index (χ3v) is 3.59. The largest absolute Gasteiger partial charge is 0.497 e. The van der Waals surface area contributed by atoms with Crippen molar-refractivity contribution in [3.05, 3.63) is 65.2 Å². The molecule has 0 aliphatic rings. The summed E-state index contributed by atoms with van der Waals surface area (Å²) in [6.07, 6.45) is 0.840. The topological polar surface area (TPSA) is 29.5 Å². The minimum Gasteiger partial charge on any atom is -0.497 e. The molecule has 0 aliphatic heterocycles. The van der Waals surface area contributed by atoms with Crippen LogP contribution in [-0.4, -0.2) is 12.2 Å². The second-order valence-electron chi connectivity index (χ2n) is 5.22. The number of rotatable bonds is 5. The molecule has 1 atom stereocenters. The second-order valence-corrected chi connectivity index (χ2v) is 5.22. The highest BCUT2D eigenvalue weighted by molar-refractivity contribution is 5.28. The van der Waals surface area contributed by atoms with Gasteiger partial charge in [0, 0.05) is 5.56 Å². The van der Waals surface area contributed by atoms with E-state index < -0.39 is 17.2 Å². The predicted octanol–water partition coefficient (Wildman–Crippen LogP) is 3.81. The molecular weight excluding hydrogens is 274 g/mol. The molecule has 21 heavy (non-hydrogen) atoms. The van der Waals surface area contributed by atoms with Gasteiger partial charge in [-0.1, -0.05) is 24.3 Å². The van der Waals surface area contributed by atoms with Crippen LogP contribution in [0.3, 0.4) is 0 Å². The van der Waals surface area contributed by atoms with Crippen LogP contribution in [0.5, 0.6) is 5.75 Å². The third-order valence-electron chi connectivity index (χ3n) is 3.59. The first kappa shape index (κ1) is 15.4. The van der Waals surface area contributed by atoms with Gasteiger partial charge in [0.1, 0.15) is 5.75 Å². The van der Waals surface area contributed by atoms with Crippen molar-refractivity contribution in [3.8, 4) is 5.75 Å². The Morgan fingerprint density at radius 3 is 2.38 bits per heavy atom. The molecule has 2 aromatic carbocycles.